The monoisotopic (exact) mass is 187 g/mol. The van der Waals surface area contributed by atoms with Crippen molar-refractivity contribution in [1.29, 1.82) is 0 Å². The summed E-state index contributed by atoms with van der Waals surface area (Å²) >= 11 is 0. The lowest BCUT2D eigenvalue weighted by atomic mass is 9.97. The zero-order valence-electron chi connectivity index (χ0n) is 9.05. The van der Waals surface area contributed by atoms with E-state index in [1.165, 1.54) is 0 Å². The van der Waals surface area contributed by atoms with E-state index in [1.54, 1.807) is 0 Å². The van der Waals surface area contributed by atoms with Crippen LogP contribution < -0.4 is 5.32 Å². The molecule has 0 aromatic heterocycles. The van der Waals surface area contributed by atoms with Gasteiger partial charge in [-0.25, -0.2) is 0 Å². The number of hydrogen-bond donors (Lipinski definition) is 2. The van der Waals surface area contributed by atoms with Crippen molar-refractivity contribution < 1.29 is 9.90 Å². The highest BCUT2D eigenvalue weighted by Gasteiger charge is 2.24. The predicted molar refractivity (Wildman–Crippen MR) is 53.8 cm³/mol. The van der Waals surface area contributed by atoms with Gasteiger partial charge >= 0.3 is 5.97 Å². The normalized spacial score (nSPS) is 14.2. The molecular formula is C10H21NO2. The average molecular weight is 187 g/mol. The Morgan fingerprint density at radius 2 is 2.00 bits per heavy atom. The molecule has 0 spiro atoms. The lowest BCUT2D eigenvalue weighted by Gasteiger charge is -2.29. The minimum absolute atomic E-state index is 0.0756. The third-order valence-electron chi connectivity index (χ3n) is 2.15. The molecule has 0 aliphatic rings. The van der Waals surface area contributed by atoms with Crippen molar-refractivity contribution in [3.63, 3.8) is 0 Å². The molecule has 0 aromatic carbocycles. The summed E-state index contributed by atoms with van der Waals surface area (Å²) in [6, 6.07) is -0.415. The topological polar surface area (TPSA) is 49.3 Å². The van der Waals surface area contributed by atoms with Gasteiger partial charge in [0.1, 0.15) is 6.04 Å². The molecule has 78 valence electrons. The lowest BCUT2D eigenvalue weighted by Crippen LogP contribution is -2.49. The Hall–Kier alpha value is -0.570. The molecule has 1 atom stereocenters. The Bertz CT molecular complexity index is 166. The van der Waals surface area contributed by atoms with Crippen LogP contribution in [0.4, 0.5) is 0 Å². The fraction of sp³-hybridized carbons (Fsp3) is 0.900. The maximum Gasteiger partial charge on any atom is 0.320 e. The highest BCUT2D eigenvalue weighted by atomic mass is 16.4. The van der Waals surface area contributed by atoms with Crippen molar-refractivity contribution in [3.8, 4) is 0 Å². The summed E-state index contributed by atoms with van der Waals surface area (Å²) in [6.45, 7) is 8.07. The van der Waals surface area contributed by atoms with Crippen molar-refractivity contribution >= 4 is 5.97 Å². The Labute approximate surface area is 80.5 Å². The fourth-order valence-electron chi connectivity index (χ4n) is 1.51. The molecule has 2 N–H and O–H groups in total. The third kappa shape index (κ3) is 4.88. The second-order valence-corrected chi connectivity index (χ2v) is 4.08. The minimum Gasteiger partial charge on any atom is -0.480 e. The van der Waals surface area contributed by atoms with Crippen molar-refractivity contribution in [2.45, 2.75) is 58.5 Å². The van der Waals surface area contributed by atoms with E-state index in [1.807, 2.05) is 20.8 Å². The number of aliphatic carboxylic acids is 1. The maximum atomic E-state index is 10.7. The zero-order chi connectivity index (χ0) is 10.5. The number of hydrogen-bond acceptors (Lipinski definition) is 2. The third-order valence-corrected chi connectivity index (χ3v) is 2.15. The van der Waals surface area contributed by atoms with Gasteiger partial charge in [-0.05, 0) is 26.7 Å². The van der Waals surface area contributed by atoms with Gasteiger partial charge in [0.05, 0.1) is 0 Å². The summed E-state index contributed by atoms with van der Waals surface area (Å²) in [5, 5.41) is 12.0. The van der Waals surface area contributed by atoms with E-state index < -0.39 is 12.0 Å². The van der Waals surface area contributed by atoms with Crippen molar-refractivity contribution in [2.75, 3.05) is 0 Å². The van der Waals surface area contributed by atoms with Gasteiger partial charge in [-0.3, -0.25) is 10.1 Å². The van der Waals surface area contributed by atoms with E-state index in [2.05, 4.69) is 12.2 Å². The van der Waals surface area contributed by atoms with Crippen LogP contribution in [0.25, 0.3) is 0 Å². The molecule has 0 amide bonds. The van der Waals surface area contributed by atoms with Crippen LogP contribution >= 0.6 is 0 Å². The molecule has 0 bridgehead atoms. The Kier molecular flexibility index (Phi) is 4.99. The molecule has 3 nitrogen and oxygen atoms in total. The molecule has 0 radical (unpaired) electrons. The van der Waals surface area contributed by atoms with Gasteiger partial charge in [0.2, 0.25) is 0 Å². The highest BCUT2D eigenvalue weighted by molar-refractivity contribution is 5.73. The molecule has 1 unspecified atom stereocenters. The largest absolute Gasteiger partial charge is 0.480 e. The van der Waals surface area contributed by atoms with Gasteiger partial charge in [0, 0.05) is 5.54 Å². The second kappa shape index (κ2) is 5.22. The van der Waals surface area contributed by atoms with Gasteiger partial charge in [-0.15, -0.1) is 0 Å². The Balaban J connectivity index is 4.13. The lowest BCUT2D eigenvalue weighted by molar-refractivity contribution is -0.140. The quantitative estimate of drug-likeness (QED) is 0.668. The molecule has 0 aliphatic heterocycles. The van der Waals surface area contributed by atoms with E-state index >= 15 is 0 Å². The number of carboxylic acids is 1. The molecule has 3 heteroatoms. The smallest absolute Gasteiger partial charge is 0.320 e. The van der Waals surface area contributed by atoms with Crippen LogP contribution in [0.1, 0.15) is 47.0 Å². The molecular weight excluding hydrogens is 166 g/mol. The van der Waals surface area contributed by atoms with Gasteiger partial charge in [-0.2, -0.15) is 0 Å². The second-order valence-electron chi connectivity index (χ2n) is 4.08. The molecule has 0 aromatic rings. The molecule has 0 fully saturated rings. The number of nitrogens with one attached hydrogen (secondary N) is 1. The molecule has 0 heterocycles. The van der Waals surface area contributed by atoms with Crippen LogP contribution in [0.3, 0.4) is 0 Å². The summed E-state index contributed by atoms with van der Waals surface area (Å²) in [5.41, 5.74) is -0.0756. The van der Waals surface area contributed by atoms with E-state index in [-0.39, 0.29) is 5.54 Å². The van der Waals surface area contributed by atoms with Crippen LogP contribution in [0.15, 0.2) is 0 Å². The van der Waals surface area contributed by atoms with Crippen LogP contribution in [0.5, 0.6) is 0 Å². The van der Waals surface area contributed by atoms with E-state index in [9.17, 15) is 4.79 Å². The summed E-state index contributed by atoms with van der Waals surface area (Å²) in [7, 11) is 0. The van der Waals surface area contributed by atoms with E-state index in [0.717, 1.165) is 12.8 Å². The van der Waals surface area contributed by atoms with Crippen molar-refractivity contribution in [2.24, 2.45) is 0 Å². The zero-order valence-corrected chi connectivity index (χ0v) is 9.05. The molecule has 0 saturated heterocycles. The highest BCUT2D eigenvalue weighted by Crippen LogP contribution is 2.12. The molecule has 13 heavy (non-hydrogen) atoms. The fourth-order valence-corrected chi connectivity index (χ4v) is 1.51. The van der Waals surface area contributed by atoms with Gasteiger partial charge in [0.15, 0.2) is 0 Å². The van der Waals surface area contributed by atoms with E-state index in [0.29, 0.717) is 6.42 Å². The Morgan fingerprint density at radius 3 is 2.31 bits per heavy atom. The first-order valence-electron chi connectivity index (χ1n) is 4.93. The number of rotatable bonds is 6. The first-order valence-corrected chi connectivity index (χ1v) is 4.93. The summed E-state index contributed by atoms with van der Waals surface area (Å²) in [4.78, 5) is 10.7. The summed E-state index contributed by atoms with van der Waals surface area (Å²) in [6.07, 6.45) is 2.69. The molecule has 0 saturated carbocycles. The van der Waals surface area contributed by atoms with Gasteiger partial charge in [-0.1, -0.05) is 20.3 Å². The van der Waals surface area contributed by atoms with Gasteiger partial charge < -0.3 is 5.11 Å². The van der Waals surface area contributed by atoms with Crippen molar-refractivity contribution in [3.05, 3.63) is 0 Å². The standard InChI is InChI=1S/C10H21NO2/c1-5-7-10(3,4)11-8(6-2)9(12)13/h8,11H,5-7H2,1-4H3,(H,12,13). The number of carboxylic acid groups (broad SMARTS) is 1. The average Bonchev–Trinajstić information content (AvgIpc) is 1.99. The number of carbonyl (C=O) groups is 1. The van der Waals surface area contributed by atoms with Crippen molar-refractivity contribution in [1.82, 2.24) is 5.32 Å². The summed E-state index contributed by atoms with van der Waals surface area (Å²) < 4.78 is 0. The maximum absolute atomic E-state index is 10.7. The Morgan fingerprint density at radius 1 is 1.46 bits per heavy atom. The SMILES string of the molecule is CCCC(C)(C)NC(CC)C(=O)O. The predicted octanol–water partition coefficient (Wildman–Crippen LogP) is 2.02. The van der Waals surface area contributed by atoms with E-state index in [4.69, 9.17) is 5.11 Å². The molecule has 0 aliphatic carbocycles. The van der Waals surface area contributed by atoms with Crippen LogP contribution in [0, 0.1) is 0 Å². The molecule has 0 rings (SSSR count). The van der Waals surface area contributed by atoms with Gasteiger partial charge in [0.25, 0.3) is 0 Å². The van der Waals surface area contributed by atoms with Crippen LogP contribution in [-0.2, 0) is 4.79 Å². The van der Waals surface area contributed by atoms with Crippen LogP contribution in [-0.4, -0.2) is 22.7 Å². The summed E-state index contributed by atoms with van der Waals surface area (Å²) in [5.74, 6) is -0.758. The van der Waals surface area contributed by atoms with Crippen LogP contribution in [0.2, 0.25) is 0 Å². The minimum atomic E-state index is -0.758. The first-order chi connectivity index (χ1) is 5.93. The first kappa shape index (κ1) is 12.4.